The standard InChI is InChI=1S/C20H22N6O.C6H12.C4H9NO2/c1-3-22-19-10-17(25-13(2)26-19)12-24-20(27)15-6-4-14(5-7-15)18-9-8-16(21)11-23-18;1-2-4-6-5-3-1;1-7-3-2-5-4-6/h4-11H,3,12,21H2,1-2H3,(H,24,27)(H,22,25,26);1-6H2;4H,2-3H2,1H3,(H,5,6). The fraction of sp³-hybridized carbons (Fsp3) is 0.433. The number of anilines is 2. The highest BCUT2D eigenvalue weighted by molar-refractivity contribution is 5.94. The number of carbonyl (C=O) groups is 2. The van der Waals surface area contributed by atoms with Gasteiger partial charge in [-0.3, -0.25) is 14.6 Å². The van der Waals surface area contributed by atoms with Crippen molar-refractivity contribution in [2.24, 2.45) is 0 Å². The summed E-state index contributed by atoms with van der Waals surface area (Å²) in [5, 5.41) is 8.49. The summed E-state index contributed by atoms with van der Waals surface area (Å²) in [4.78, 5) is 34.9. The lowest BCUT2D eigenvalue weighted by molar-refractivity contribution is -0.109. The zero-order valence-corrected chi connectivity index (χ0v) is 23.9. The minimum Gasteiger partial charge on any atom is -0.397 e. The molecule has 10 heteroatoms. The molecule has 0 spiro atoms. The van der Waals surface area contributed by atoms with Gasteiger partial charge in [-0.2, -0.15) is 0 Å². The van der Waals surface area contributed by atoms with Crippen LogP contribution in [0.25, 0.3) is 11.3 Å². The number of nitrogen functional groups attached to an aromatic ring is 1. The van der Waals surface area contributed by atoms with E-state index in [0.717, 1.165) is 29.3 Å². The highest BCUT2D eigenvalue weighted by Gasteiger charge is 2.08. The Morgan fingerprint density at radius 1 is 1.02 bits per heavy atom. The Morgan fingerprint density at radius 3 is 2.25 bits per heavy atom. The molecule has 0 atom stereocenters. The van der Waals surface area contributed by atoms with Crippen LogP contribution in [0.15, 0.2) is 48.7 Å². The maximum absolute atomic E-state index is 12.4. The minimum absolute atomic E-state index is 0.159. The number of methoxy groups -OCH3 is 1. The topological polar surface area (TPSA) is 144 Å². The number of amides is 2. The second-order valence-electron chi connectivity index (χ2n) is 9.24. The number of carbonyl (C=O) groups excluding carboxylic acids is 2. The molecule has 0 saturated heterocycles. The number of aryl methyl sites for hydroxylation is 1. The van der Waals surface area contributed by atoms with Gasteiger partial charge in [0.05, 0.1) is 36.4 Å². The molecule has 40 heavy (non-hydrogen) atoms. The van der Waals surface area contributed by atoms with Gasteiger partial charge in [0.1, 0.15) is 11.6 Å². The minimum atomic E-state index is -0.159. The van der Waals surface area contributed by atoms with Crippen LogP contribution < -0.4 is 21.7 Å². The Bertz CT molecular complexity index is 1120. The molecule has 0 aliphatic heterocycles. The molecule has 0 bridgehead atoms. The van der Waals surface area contributed by atoms with Crippen LogP contribution in [0.5, 0.6) is 0 Å². The number of rotatable bonds is 10. The Morgan fingerprint density at radius 2 is 1.70 bits per heavy atom. The highest BCUT2D eigenvalue weighted by Crippen LogP contribution is 2.18. The van der Waals surface area contributed by atoms with Gasteiger partial charge in [-0.1, -0.05) is 50.7 Å². The van der Waals surface area contributed by atoms with E-state index in [9.17, 15) is 9.59 Å². The van der Waals surface area contributed by atoms with Crippen molar-refractivity contribution in [3.8, 4) is 11.3 Å². The molecular formula is C30H43N7O3. The fourth-order valence-electron chi connectivity index (χ4n) is 3.91. The first-order valence-corrected chi connectivity index (χ1v) is 13.8. The molecule has 1 aliphatic carbocycles. The van der Waals surface area contributed by atoms with E-state index >= 15 is 0 Å². The van der Waals surface area contributed by atoms with Crippen LogP contribution in [-0.4, -0.2) is 54.1 Å². The Labute approximate surface area is 237 Å². The number of benzene rings is 1. The molecule has 5 N–H and O–H groups in total. The zero-order valence-electron chi connectivity index (χ0n) is 23.9. The summed E-state index contributed by atoms with van der Waals surface area (Å²) < 4.78 is 4.62. The van der Waals surface area contributed by atoms with E-state index in [4.69, 9.17) is 5.73 Å². The Balaban J connectivity index is 0.000000354. The van der Waals surface area contributed by atoms with E-state index in [-0.39, 0.29) is 5.91 Å². The smallest absolute Gasteiger partial charge is 0.251 e. The van der Waals surface area contributed by atoms with Crippen molar-refractivity contribution < 1.29 is 14.3 Å². The number of ether oxygens (including phenoxy) is 1. The van der Waals surface area contributed by atoms with E-state index in [2.05, 4.69) is 35.6 Å². The summed E-state index contributed by atoms with van der Waals surface area (Å²) in [6, 6.07) is 12.8. The first-order chi connectivity index (χ1) is 19.5. The van der Waals surface area contributed by atoms with Crippen LogP contribution in [0.2, 0.25) is 0 Å². The summed E-state index contributed by atoms with van der Waals surface area (Å²) >= 11 is 0. The number of nitrogens with two attached hydrogens (primary N) is 1. The average molecular weight is 550 g/mol. The molecule has 2 heterocycles. The molecule has 3 aromatic rings. The molecule has 1 fully saturated rings. The lowest BCUT2D eigenvalue weighted by Gasteiger charge is -2.09. The quantitative estimate of drug-likeness (QED) is 0.214. The SMILES string of the molecule is C1CCCCC1.CCNc1cc(CNC(=O)c2ccc(-c3ccc(N)cn3)cc2)nc(C)n1.COCCNC=O. The second kappa shape index (κ2) is 19.1. The van der Waals surface area contributed by atoms with Crippen molar-refractivity contribution in [2.75, 3.05) is 37.9 Å². The van der Waals surface area contributed by atoms with Gasteiger partial charge in [-0.05, 0) is 38.1 Å². The van der Waals surface area contributed by atoms with Gasteiger partial charge in [-0.25, -0.2) is 9.97 Å². The zero-order chi connectivity index (χ0) is 29.0. The van der Waals surface area contributed by atoms with Crippen molar-refractivity contribution in [1.82, 2.24) is 25.6 Å². The van der Waals surface area contributed by atoms with E-state index in [0.29, 0.717) is 43.2 Å². The van der Waals surface area contributed by atoms with Gasteiger partial charge < -0.3 is 26.4 Å². The molecule has 216 valence electrons. The third-order valence-corrected chi connectivity index (χ3v) is 5.94. The van der Waals surface area contributed by atoms with Crippen LogP contribution in [-0.2, 0) is 16.1 Å². The van der Waals surface area contributed by atoms with Gasteiger partial charge in [0.25, 0.3) is 5.91 Å². The predicted octanol–water partition coefficient (Wildman–Crippen LogP) is 4.51. The number of nitrogens with zero attached hydrogens (tertiary/aromatic N) is 3. The summed E-state index contributed by atoms with van der Waals surface area (Å²) in [6.45, 7) is 6.12. The largest absolute Gasteiger partial charge is 0.397 e. The Kier molecular flexibility index (Phi) is 15.3. The second-order valence-corrected chi connectivity index (χ2v) is 9.24. The summed E-state index contributed by atoms with van der Waals surface area (Å²) in [5.41, 5.74) is 9.34. The number of aromatic nitrogens is 3. The lowest BCUT2D eigenvalue weighted by atomic mass is 10.0. The van der Waals surface area contributed by atoms with E-state index in [1.165, 1.54) is 38.5 Å². The van der Waals surface area contributed by atoms with Crippen molar-refractivity contribution in [2.45, 2.75) is 58.9 Å². The molecule has 1 aromatic carbocycles. The third-order valence-electron chi connectivity index (χ3n) is 5.94. The summed E-state index contributed by atoms with van der Waals surface area (Å²) in [5.74, 6) is 1.26. The molecule has 2 aromatic heterocycles. The van der Waals surface area contributed by atoms with Gasteiger partial charge in [0, 0.05) is 37.4 Å². The van der Waals surface area contributed by atoms with Crippen LogP contribution >= 0.6 is 0 Å². The molecule has 10 nitrogen and oxygen atoms in total. The van der Waals surface area contributed by atoms with E-state index in [1.807, 2.05) is 38.1 Å². The molecule has 0 radical (unpaired) electrons. The fourth-order valence-corrected chi connectivity index (χ4v) is 3.91. The molecule has 2 amide bonds. The van der Waals surface area contributed by atoms with Gasteiger partial charge in [0.2, 0.25) is 6.41 Å². The third kappa shape index (κ3) is 12.7. The van der Waals surface area contributed by atoms with Crippen molar-refractivity contribution in [3.63, 3.8) is 0 Å². The molecular weight excluding hydrogens is 506 g/mol. The van der Waals surface area contributed by atoms with Crippen LogP contribution in [0.4, 0.5) is 11.5 Å². The van der Waals surface area contributed by atoms with Crippen molar-refractivity contribution in [3.05, 3.63) is 65.7 Å². The van der Waals surface area contributed by atoms with Crippen LogP contribution in [0.1, 0.15) is 67.3 Å². The predicted molar refractivity (Wildman–Crippen MR) is 160 cm³/mol. The number of hydrogen-bond acceptors (Lipinski definition) is 8. The highest BCUT2D eigenvalue weighted by atomic mass is 16.5. The number of hydrogen-bond donors (Lipinski definition) is 4. The normalized spacial score (nSPS) is 12.1. The first-order valence-electron chi connectivity index (χ1n) is 13.8. The van der Waals surface area contributed by atoms with Crippen LogP contribution in [0, 0.1) is 6.92 Å². The molecule has 1 saturated carbocycles. The molecule has 1 aliphatic rings. The van der Waals surface area contributed by atoms with Crippen molar-refractivity contribution >= 4 is 23.8 Å². The lowest BCUT2D eigenvalue weighted by Crippen LogP contribution is -2.23. The van der Waals surface area contributed by atoms with Gasteiger partial charge in [-0.15, -0.1) is 0 Å². The average Bonchev–Trinajstić information content (AvgIpc) is 2.98. The molecule has 4 rings (SSSR count). The number of pyridine rings is 1. The summed E-state index contributed by atoms with van der Waals surface area (Å²) in [6.07, 6.45) is 11.3. The van der Waals surface area contributed by atoms with E-state index in [1.54, 1.807) is 31.5 Å². The van der Waals surface area contributed by atoms with Crippen molar-refractivity contribution in [1.29, 1.82) is 0 Å². The Hall–Kier alpha value is -4.05. The van der Waals surface area contributed by atoms with Gasteiger partial charge in [0.15, 0.2) is 0 Å². The summed E-state index contributed by atoms with van der Waals surface area (Å²) in [7, 11) is 1.59. The number of nitrogens with one attached hydrogen (secondary N) is 3. The van der Waals surface area contributed by atoms with Gasteiger partial charge >= 0.3 is 0 Å². The molecule has 0 unspecified atom stereocenters. The first kappa shape index (κ1) is 32.2. The maximum atomic E-state index is 12.4. The maximum Gasteiger partial charge on any atom is 0.251 e. The van der Waals surface area contributed by atoms with Crippen LogP contribution in [0.3, 0.4) is 0 Å². The van der Waals surface area contributed by atoms with E-state index < -0.39 is 0 Å². The monoisotopic (exact) mass is 549 g/mol.